The van der Waals surface area contributed by atoms with E-state index in [4.69, 9.17) is 0 Å². The highest BCUT2D eigenvalue weighted by atomic mass is 16.6. The molecule has 0 amide bonds. The number of aromatic nitrogens is 1. The highest BCUT2D eigenvalue weighted by Gasteiger charge is 2.06. The van der Waals surface area contributed by atoms with Gasteiger partial charge in [-0.25, -0.2) is 4.98 Å². The van der Waals surface area contributed by atoms with Gasteiger partial charge in [0.25, 0.3) is 0 Å². The van der Waals surface area contributed by atoms with Crippen LogP contribution in [-0.2, 0) is 0 Å². The molecule has 0 N–H and O–H groups in total. The maximum atomic E-state index is 9.73. The highest BCUT2D eigenvalue weighted by Crippen LogP contribution is 2.05. The van der Waals surface area contributed by atoms with Gasteiger partial charge in [-0.1, -0.05) is 0 Å². The molecule has 0 unspecified atom stereocenters. The summed E-state index contributed by atoms with van der Waals surface area (Å²) >= 11 is 0. The molecule has 5 heteroatoms. The Kier molecular flexibility index (Phi) is 0.957. The van der Waals surface area contributed by atoms with Crippen molar-refractivity contribution in [2.75, 3.05) is 0 Å². The van der Waals surface area contributed by atoms with Crippen molar-refractivity contribution in [1.29, 1.82) is 0 Å². The molecule has 0 fully saturated rings. The van der Waals surface area contributed by atoms with E-state index in [0.717, 1.165) is 12.6 Å². The summed E-state index contributed by atoms with van der Waals surface area (Å²) in [5, 5.41) is 9.73. The van der Waals surface area contributed by atoms with Gasteiger partial charge in [0.1, 0.15) is 11.1 Å². The van der Waals surface area contributed by atoms with E-state index in [0.29, 0.717) is 0 Å². The summed E-state index contributed by atoms with van der Waals surface area (Å²) in [6.07, 6.45) is 2.05. The highest BCUT2D eigenvalue weighted by molar-refractivity contribution is 5.03. The lowest BCUT2D eigenvalue weighted by molar-refractivity contribution is -0.402. The number of hydrogen-bond acceptors (Lipinski definition) is 4. The zero-order chi connectivity index (χ0) is 5.98. The van der Waals surface area contributed by atoms with Crippen LogP contribution in [-0.4, -0.2) is 9.91 Å². The lowest BCUT2D eigenvalue weighted by atomic mass is 10.8. The maximum Gasteiger partial charge on any atom is 0.452 e. The Hall–Kier alpha value is -1.39. The number of nitrogens with zero attached hydrogens (tertiary/aromatic N) is 2. The second-order valence-electron chi connectivity index (χ2n) is 1.10. The van der Waals surface area contributed by atoms with Crippen LogP contribution in [0.1, 0.15) is 0 Å². The first kappa shape index (κ1) is 4.76. The summed E-state index contributed by atoms with van der Waals surface area (Å²) in [6, 6.07) is 0. The minimum absolute atomic E-state index is 0.329. The van der Waals surface area contributed by atoms with E-state index in [1.165, 1.54) is 0 Å². The van der Waals surface area contributed by atoms with Crippen LogP contribution < -0.4 is 0 Å². The molecular weight excluding hydrogens is 112 g/mol. The molecule has 8 heavy (non-hydrogen) atoms. The van der Waals surface area contributed by atoms with Crippen LogP contribution in [0.2, 0.25) is 0 Å². The van der Waals surface area contributed by atoms with Gasteiger partial charge in [0.05, 0.1) is 0 Å². The van der Waals surface area contributed by atoms with E-state index in [-0.39, 0.29) is 5.88 Å². The first-order valence-corrected chi connectivity index (χ1v) is 1.83. The van der Waals surface area contributed by atoms with Crippen LogP contribution in [0.5, 0.6) is 0 Å². The zero-order valence-corrected chi connectivity index (χ0v) is 3.77. The molecule has 0 aliphatic heterocycles. The van der Waals surface area contributed by atoms with Gasteiger partial charge >= 0.3 is 5.88 Å². The summed E-state index contributed by atoms with van der Waals surface area (Å²) in [4.78, 5) is 12.4. The number of nitro groups is 1. The molecule has 0 atom stereocenters. The molecule has 0 aliphatic rings. The third-order valence-corrected chi connectivity index (χ3v) is 0.599. The summed E-state index contributed by atoms with van der Waals surface area (Å²) in [5.41, 5.74) is 0. The Labute approximate surface area is 44.1 Å². The minimum atomic E-state index is -0.646. The Morgan fingerprint density at radius 2 is 2.62 bits per heavy atom. The molecule has 42 valence electrons. The van der Waals surface area contributed by atoms with Crippen LogP contribution in [0, 0.1) is 10.1 Å². The third-order valence-electron chi connectivity index (χ3n) is 0.599. The van der Waals surface area contributed by atoms with Crippen molar-refractivity contribution in [3.05, 3.63) is 22.7 Å². The van der Waals surface area contributed by atoms with Gasteiger partial charge < -0.3 is 4.42 Å². The fourth-order valence-electron chi connectivity index (χ4n) is 0.299. The van der Waals surface area contributed by atoms with E-state index < -0.39 is 4.92 Å². The summed E-state index contributed by atoms with van der Waals surface area (Å²) in [7, 11) is 0. The van der Waals surface area contributed by atoms with Crippen molar-refractivity contribution in [2.45, 2.75) is 0 Å². The van der Waals surface area contributed by atoms with Gasteiger partial charge in [0.2, 0.25) is 0 Å². The second-order valence-corrected chi connectivity index (χ2v) is 1.10. The molecule has 0 bridgehead atoms. The van der Waals surface area contributed by atoms with E-state index in [9.17, 15) is 10.1 Å². The molecule has 1 aromatic rings. The van der Waals surface area contributed by atoms with E-state index in [2.05, 4.69) is 9.40 Å². The molecule has 0 spiro atoms. The standard InChI is InChI=1S/C3H2N2O3/c6-5(7)3-1-4-2-8-3/h1-2H. The average Bonchev–Trinajstić information content (AvgIpc) is 2.12. The summed E-state index contributed by atoms with van der Waals surface area (Å²) < 4.78 is 4.28. The molecular formula is C3H2N2O3. The molecule has 5 nitrogen and oxygen atoms in total. The molecule has 0 saturated heterocycles. The van der Waals surface area contributed by atoms with Crippen molar-refractivity contribution < 1.29 is 9.34 Å². The van der Waals surface area contributed by atoms with Gasteiger partial charge in [-0.15, -0.1) is 0 Å². The van der Waals surface area contributed by atoms with E-state index in [1.807, 2.05) is 0 Å². The van der Waals surface area contributed by atoms with Crippen molar-refractivity contribution in [2.24, 2.45) is 0 Å². The average molecular weight is 114 g/mol. The van der Waals surface area contributed by atoms with Crippen molar-refractivity contribution in [1.82, 2.24) is 4.98 Å². The molecule has 1 heterocycles. The van der Waals surface area contributed by atoms with Crippen LogP contribution in [0.15, 0.2) is 17.0 Å². The number of hydrogen-bond donors (Lipinski definition) is 0. The predicted octanol–water partition coefficient (Wildman–Crippen LogP) is 0.583. The molecule has 0 aromatic carbocycles. The lowest BCUT2D eigenvalue weighted by Crippen LogP contribution is -1.82. The Balaban J connectivity index is 2.93. The van der Waals surface area contributed by atoms with Gasteiger partial charge in [-0.2, -0.15) is 0 Å². The first-order valence-electron chi connectivity index (χ1n) is 1.83. The zero-order valence-electron chi connectivity index (χ0n) is 3.77. The van der Waals surface area contributed by atoms with Gasteiger partial charge in [-0.3, -0.25) is 10.1 Å². The SMILES string of the molecule is O=[N+]([O-])c1cnco1. The molecule has 1 rings (SSSR count). The van der Waals surface area contributed by atoms with Crippen LogP contribution in [0.4, 0.5) is 5.88 Å². The van der Waals surface area contributed by atoms with Crippen molar-refractivity contribution >= 4 is 5.88 Å². The van der Waals surface area contributed by atoms with E-state index in [1.54, 1.807) is 0 Å². The van der Waals surface area contributed by atoms with Crippen LogP contribution in [0.25, 0.3) is 0 Å². The number of oxazole rings is 1. The quantitative estimate of drug-likeness (QED) is 0.395. The monoisotopic (exact) mass is 114 g/mol. The maximum absolute atomic E-state index is 9.73. The molecule has 0 radical (unpaired) electrons. The fourth-order valence-corrected chi connectivity index (χ4v) is 0.299. The largest absolute Gasteiger partial charge is 0.452 e. The van der Waals surface area contributed by atoms with Gasteiger partial charge in [0.15, 0.2) is 6.39 Å². The minimum Gasteiger partial charge on any atom is -0.388 e. The summed E-state index contributed by atoms with van der Waals surface area (Å²) in [5.74, 6) is -0.329. The molecule has 0 saturated carbocycles. The van der Waals surface area contributed by atoms with Crippen molar-refractivity contribution in [3.8, 4) is 0 Å². The van der Waals surface area contributed by atoms with Gasteiger partial charge in [-0.05, 0) is 0 Å². The van der Waals surface area contributed by atoms with Crippen LogP contribution in [0.3, 0.4) is 0 Å². The molecule has 0 aliphatic carbocycles. The van der Waals surface area contributed by atoms with E-state index >= 15 is 0 Å². The summed E-state index contributed by atoms with van der Waals surface area (Å²) in [6.45, 7) is 0. The lowest BCUT2D eigenvalue weighted by Gasteiger charge is -1.75. The second kappa shape index (κ2) is 1.61. The van der Waals surface area contributed by atoms with Crippen LogP contribution >= 0.6 is 0 Å². The first-order chi connectivity index (χ1) is 3.80. The van der Waals surface area contributed by atoms with Gasteiger partial charge in [0, 0.05) is 0 Å². The third kappa shape index (κ3) is 0.651. The topological polar surface area (TPSA) is 69.2 Å². The number of rotatable bonds is 1. The van der Waals surface area contributed by atoms with Crippen molar-refractivity contribution in [3.63, 3.8) is 0 Å². The Morgan fingerprint density at radius 3 is 2.88 bits per heavy atom. The molecule has 1 aromatic heterocycles. The Morgan fingerprint density at radius 1 is 1.88 bits per heavy atom. The predicted molar refractivity (Wildman–Crippen MR) is 23.2 cm³/mol. The normalized spacial score (nSPS) is 9.00. The fraction of sp³-hybridized carbons (Fsp3) is 0. The Bertz CT molecular complexity index is 180. The smallest absolute Gasteiger partial charge is 0.388 e.